The molecule has 0 unspecified atom stereocenters. The summed E-state index contributed by atoms with van der Waals surface area (Å²) >= 11 is 0. The maximum absolute atomic E-state index is 12.2. The molecule has 2 heterocycles. The number of rotatable bonds is 7. The molecule has 7 heteroatoms. The highest BCUT2D eigenvalue weighted by molar-refractivity contribution is 5.96. The van der Waals surface area contributed by atoms with Gasteiger partial charge in [-0.1, -0.05) is 0 Å². The Hall–Kier alpha value is -2.93. The molecular weight excluding hydrogens is 320 g/mol. The summed E-state index contributed by atoms with van der Waals surface area (Å²) in [4.78, 5) is 20.9. The fraction of sp³-hybridized carbons (Fsp3) is 0.278. The van der Waals surface area contributed by atoms with Crippen LogP contribution in [-0.4, -0.2) is 47.8 Å². The van der Waals surface area contributed by atoms with Crippen LogP contribution in [0.5, 0.6) is 5.75 Å². The zero-order valence-electron chi connectivity index (χ0n) is 14.2. The van der Waals surface area contributed by atoms with Crippen LogP contribution in [-0.2, 0) is 4.74 Å². The van der Waals surface area contributed by atoms with Crippen LogP contribution < -0.4 is 10.1 Å². The lowest BCUT2D eigenvalue weighted by atomic mass is 10.2. The van der Waals surface area contributed by atoms with Crippen LogP contribution in [0.1, 0.15) is 16.8 Å². The maximum Gasteiger partial charge on any atom is 0.252 e. The number of ether oxygens (including phenoxy) is 2. The van der Waals surface area contributed by atoms with Crippen molar-refractivity contribution in [1.29, 1.82) is 0 Å². The van der Waals surface area contributed by atoms with E-state index in [9.17, 15) is 4.79 Å². The molecule has 0 fully saturated rings. The van der Waals surface area contributed by atoms with E-state index in [1.54, 1.807) is 32.8 Å². The second kappa shape index (κ2) is 7.76. The number of carbonyl (C=O) groups excluding carboxylic acids is 1. The van der Waals surface area contributed by atoms with E-state index in [2.05, 4.69) is 15.3 Å². The van der Waals surface area contributed by atoms with E-state index in [1.807, 2.05) is 28.8 Å². The fourth-order valence-electron chi connectivity index (χ4n) is 2.48. The molecule has 1 aromatic carbocycles. The number of pyridine rings is 1. The van der Waals surface area contributed by atoms with Crippen LogP contribution in [0, 0.1) is 0 Å². The number of nitrogens with zero attached hydrogens (tertiary/aromatic N) is 3. The van der Waals surface area contributed by atoms with Gasteiger partial charge in [-0.05, 0) is 36.8 Å². The van der Waals surface area contributed by atoms with Crippen molar-refractivity contribution in [3.63, 3.8) is 0 Å². The molecule has 130 valence electrons. The largest absolute Gasteiger partial charge is 0.497 e. The molecule has 0 saturated heterocycles. The van der Waals surface area contributed by atoms with E-state index in [0.717, 1.165) is 17.9 Å². The number of hydrogen-bond acceptors (Lipinski definition) is 5. The van der Waals surface area contributed by atoms with Gasteiger partial charge in [0.2, 0.25) is 0 Å². The van der Waals surface area contributed by atoms with Gasteiger partial charge in [0.1, 0.15) is 17.6 Å². The Morgan fingerprint density at radius 1 is 1.20 bits per heavy atom. The van der Waals surface area contributed by atoms with Crippen molar-refractivity contribution in [2.75, 3.05) is 27.4 Å². The monoisotopic (exact) mass is 340 g/mol. The third-order valence-corrected chi connectivity index (χ3v) is 3.81. The summed E-state index contributed by atoms with van der Waals surface area (Å²) in [5.74, 6) is 0.623. The number of nitrogens with one attached hydrogen (secondary N) is 1. The number of carbonyl (C=O) groups is 1. The minimum absolute atomic E-state index is 0.162. The Balaban J connectivity index is 1.79. The lowest BCUT2D eigenvalue weighted by Gasteiger charge is -2.06. The first kappa shape index (κ1) is 16.9. The summed E-state index contributed by atoms with van der Waals surface area (Å²) in [6.07, 6.45) is 4.03. The normalized spacial score (nSPS) is 10.8. The van der Waals surface area contributed by atoms with Gasteiger partial charge in [0, 0.05) is 32.1 Å². The van der Waals surface area contributed by atoms with Crippen molar-refractivity contribution in [2.24, 2.45) is 0 Å². The topological polar surface area (TPSA) is 78.3 Å². The summed E-state index contributed by atoms with van der Waals surface area (Å²) in [5.41, 5.74) is 2.78. The number of hydrogen-bond donors (Lipinski definition) is 1. The standard InChI is InChI=1S/C18H20N4O3/c1-24-9-3-8-19-18(23)13-10-16-17(20-11-13)22(12-21-16)14-4-6-15(25-2)7-5-14/h4-7,10-12H,3,8-9H2,1-2H3,(H,19,23). The van der Waals surface area contributed by atoms with E-state index in [0.29, 0.717) is 29.9 Å². The minimum Gasteiger partial charge on any atom is -0.497 e. The number of amides is 1. The Bertz CT molecular complexity index is 858. The predicted molar refractivity (Wildman–Crippen MR) is 94.2 cm³/mol. The van der Waals surface area contributed by atoms with E-state index in [4.69, 9.17) is 9.47 Å². The lowest BCUT2D eigenvalue weighted by molar-refractivity contribution is 0.0948. The molecule has 1 N–H and O–H groups in total. The number of imidazole rings is 1. The molecule has 3 rings (SSSR count). The van der Waals surface area contributed by atoms with Crippen LogP contribution in [0.4, 0.5) is 0 Å². The molecule has 1 amide bonds. The second-order valence-electron chi connectivity index (χ2n) is 5.48. The van der Waals surface area contributed by atoms with Gasteiger partial charge in [0.05, 0.1) is 12.7 Å². The molecule has 0 aliphatic heterocycles. The van der Waals surface area contributed by atoms with Gasteiger partial charge < -0.3 is 14.8 Å². The van der Waals surface area contributed by atoms with Crippen molar-refractivity contribution in [3.8, 4) is 11.4 Å². The van der Waals surface area contributed by atoms with Crippen molar-refractivity contribution in [2.45, 2.75) is 6.42 Å². The first-order valence-electron chi connectivity index (χ1n) is 7.97. The molecule has 3 aromatic rings. The van der Waals surface area contributed by atoms with Gasteiger partial charge in [-0.3, -0.25) is 9.36 Å². The average Bonchev–Trinajstić information content (AvgIpc) is 3.08. The predicted octanol–water partition coefficient (Wildman–Crippen LogP) is 2.20. The molecule has 0 spiro atoms. The van der Waals surface area contributed by atoms with Crippen molar-refractivity contribution in [1.82, 2.24) is 19.9 Å². The smallest absolute Gasteiger partial charge is 0.252 e. The van der Waals surface area contributed by atoms with Gasteiger partial charge >= 0.3 is 0 Å². The van der Waals surface area contributed by atoms with Crippen molar-refractivity contribution < 1.29 is 14.3 Å². The Labute approximate surface area is 145 Å². The summed E-state index contributed by atoms with van der Waals surface area (Å²) < 4.78 is 12.0. The summed E-state index contributed by atoms with van der Waals surface area (Å²) in [5, 5.41) is 2.84. The third-order valence-electron chi connectivity index (χ3n) is 3.81. The molecule has 0 saturated carbocycles. The van der Waals surface area contributed by atoms with Gasteiger partial charge in [-0.2, -0.15) is 0 Å². The minimum atomic E-state index is -0.162. The van der Waals surface area contributed by atoms with Gasteiger partial charge in [-0.15, -0.1) is 0 Å². The molecule has 0 radical (unpaired) electrons. The SMILES string of the molecule is COCCCNC(=O)c1cnc2c(c1)ncn2-c1ccc(OC)cc1. The van der Waals surface area contributed by atoms with Crippen LogP contribution in [0.15, 0.2) is 42.9 Å². The van der Waals surface area contributed by atoms with Crippen molar-refractivity contribution in [3.05, 3.63) is 48.4 Å². The van der Waals surface area contributed by atoms with Crippen LogP contribution in [0.25, 0.3) is 16.9 Å². The molecular formula is C18H20N4O3. The summed E-state index contributed by atoms with van der Waals surface area (Å²) in [6.45, 7) is 1.18. The molecule has 0 aliphatic rings. The number of methoxy groups -OCH3 is 2. The molecule has 25 heavy (non-hydrogen) atoms. The van der Waals surface area contributed by atoms with Crippen molar-refractivity contribution >= 4 is 17.1 Å². The highest BCUT2D eigenvalue weighted by atomic mass is 16.5. The number of fused-ring (bicyclic) bond motifs is 1. The average molecular weight is 340 g/mol. The maximum atomic E-state index is 12.2. The van der Waals surface area contributed by atoms with E-state index in [1.165, 1.54) is 0 Å². The van der Waals surface area contributed by atoms with Crippen LogP contribution in [0.3, 0.4) is 0 Å². The van der Waals surface area contributed by atoms with Crippen LogP contribution >= 0.6 is 0 Å². The molecule has 0 atom stereocenters. The van der Waals surface area contributed by atoms with E-state index in [-0.39, 0.29) is 5.91 Å². The first-order chi connectivity index (χ1) is 12.2. The number of aromatic nitrogens is 3. The molecule has 0 bridgehead atoms. The summed E-state index contributed by atoms with van der Waals surface area (Å²) in [6, 6.07) is 9.36. The van der Waals surface area contributed by atoms with E-state index < -0.39 is 0 Å². The zero-order valence-corrected chi connectivity index (χ0v) is 14.2. The second-order valence-corrected chi connectivity index (χ2v) is 5.48. The van der Waals surface area contributed by atoms with Gasteiger partial charge in [0.15, 0.2) is 5.65 Å². The quantitative estimate of drug-likeness (QED) is 0.667. The first-order valence-corrected chi connectivity index (χ1v) is 7.97. The molecule has 2 aromatic heterocycles. The molecule has 7 nitrogen and oxygen atoms in total. The zero-order chi connectivity index (χ0) is 17.6. The van der Waals surface area contributed by atoms with Gasteiger partial charge in [0.25, 0.3) is 5.91 Å². The Morgan fingerprint density at radius 3 is 2.72 bits per heavy atom. The third kappa shape index (κ3) is 3.77. The lowest BCUT2D eigenvalue weighted by Crippen LogP contribution is -2.25. The molecule has 0 aliphatic carbocycles. The van der Waals surface area contributed by atoms with E-state index >= 15 is 0 Å². The highest BCUT2D eigenvalue weighted by Crippen LogP contribution is 2.19. The number of benzene rings is 1. The highest BCUT2D eigenvalue weighted by Gasteiger charge is 2.11. The fourth-order valence-corrected chi connectivity index (χ4v) is 2.48. The van der Waals surface area contributed by atoms with Gasteiger partial charge in [-0.25, -0.2) is 9.97 Å². The Morgan fingerprint density at radius 2 is 2.00 bits per heavy atom. The summed E-state index contributed by atoms with van der Waals surface area (Å²) in [7, 11) is 3.27. The van der Waals surface area contributed by atoms with Crippen LogP contribution in [0.2, 0.25) is 0 Å². The Kier molecular flexibility index (Phi) is 5.25.